The molecule has 13 heavy (non-hydrogen) atoms. The number of hydrogen-bond acceptors (Lipinski definition) is 1. The highest BCUT2D eigenvalue weighted by atomic mass is 16.3. The second-order valence-corrected chi connectivity index (χ2v) is 3.26. The van der Waals surface area contributed by atoms with Crippen LogP contribution in [0.1, 0.15) is 12.0 Å². The SMILES string of the molecule is C=CC[C@H](CO)Cc1ccccc1. The first-order chi connectivity index (χ1) is 6.36. The largest absolute Gasteiger partial charge is 0.396 e. The van der Waals surface area contributed by atoms with E-state index in [4.69, 9.17) is 5.11 Å². The molecular weight excluding hydrogens is 160 g/mol. The molecule has 0 aromatic heterocycles. The fourth-order valence-electron chi connectivity index (χ4n) is 1.41. The molecule has 0 unspecified atom stereocenters. The highest BCUT2D eigenvalue weighted by Crippen LogP contribution is 2.11. The Bertz CT molecular complexity index is 241. The second kappa shape index (κ2) is 5.55. The summed E-state index contributed by atoms with van der Waals surface area (Å²) in [5.74, 6) is 0.319. The molecule has 1 heteroatoms. The van der Waals surface area contributed by atoms with Gasteiger partial charge in [0.25, 0.3) is 0 Å². The lowest BCUT2D eigenvalue weighted by Crippen LogP contribution is -2.08. The molecule has 0 heterocycles. The fraction of sp³-hybridized carbons (Fsp3) is 0.333. The van der Waals surface area contributed by atoms with Crippen molar-refractivity contribution in [1.82, 2.24) is 0 Å². The van der Waals surface area contributed by atoms with Crippen molar-refractivity contribution < 1.29 is 5.11 Å². The van der Waals surface area contributed by atoms with Crippen molar-refractivity contribution in [3.05, 3.63) is 48.6 Å². The zero-order chi connectivity index (χ0) is 9.52. The molecule has 1 N–H and O–H groups in total. The smallest absolute Gasteiger partial charge is 0.0465 e. The van der Waals surface area contributed by atoms with Gasteiger partial charge in [0.15, 0.2) is 0 Å². The van der Waals surface area contributed by atoms with Crippen molar-refractivity contribution in [2.45, 2.75) is 12.8 Å². The van der Waals surface area contributed by atoms with Crippen LogP contribution in [0.2, 0.25) is 0 Å². The molecule has 0 fully saturated rings. The molecule has 0 saturated heterocycles. The molecule has 0 amide bonds. The van der Waals surface area contributed by atoms with Crippen molar-refractivity contribution >= 4 is 0 Å². The van der Waals surface area contributed by atoms with E-state index in [2.05, 4.69) is 18.7 Å². The van der Waals surface area contributed by atoms with Gasteiger partial charge in [0.05, 0.1) is 0 Å². The van der Waals surface area contributed by atoms with E-state index in [1.54, 1.807) is 0 Å². The van der Waals surface area contributed by atoms with E-state index in [1.165, 1.54) is 5.56 Å². The molecule has 1 nitrogen and oxygen atoms in total. The predicted octanol–water partition coefficient (Wildman–Crippen LogP) is 2.41. The molecule has 0 spiro atoms. The van der Waals surface area contributed by atoms with Gasteiger partial charge in [0.1, 0.15) is 0 Å². The first kappa shape index (κ1) is 10.0. The van der Waals surface area contributed by atoms with Crippen LogP contribution in [0.3, 0.4) is 0 Å². The van der Waals surface area contributed by atoms with Crippen molar-refractivity contribution in [3.63, 3.8) is 0 Å². The summed E-state index contributed by atoms with van der Waals surface area (Å²) in [5.41, 5.74) is 1.28. The van der Waals surface area contributed by atoms with E-state index < -0.39 is 0 Å². The summed E-state index contributed by atoms with van der Waals surface area (Å²) in [6, 6.07) is 10.2. The number of hydrogen-bond donors (Lipinski definition) is 1. The molecule has 1 aromatic rings. The monoisotopic (exact) mass is 176 g/mol. The Morgan fingerprint density at radius 1 is 1.31 bits per heavy atom. The van der Waals surface area contributed by atoms with Gasteiger partial charge in [-0.2, -0.15) is 0 Å². The van der Waals surface area contributed by atoms with Gasteiger partial charge in [0, 0.05) is 6.61 Å². The predicted molar refractivity (Wildman–Crippen MR) is 55.5 cm³/mol. The molecule has 0 aliphatic carbocycles. The van der Waals surface area contributed by atoms with Crippen molar-refractivity contribution in [3.8, 4) is 0 Å². The zero-order valence-electron chi connectivity index (χ0n) is 7.82. The van der Waals surface area contributed by atoms with E-state index in [0.29, 0.717) is 5.92 Å². The van der Waals surface area contributed by atoms with Crippen molar-refractivity contribution in [1.29, 1.82) is 0 Å². The van der Waals surface area contributed by atoms with Gasteiger partial charge in [-0.25, -0.2) is 0 Å². The molecule has 1 rings (SSSR count). The minimum absolute atomic E-state index is 0.237. The fourth-order valence-corrected chi connectivity index (χ4v) is 1.41. The van der Waals surface area contributed by atoms with Crippen LogP contribution in [-0.2, 0) is 6.42 Å². The topological polar surface area (TPSA) is 20.2 Å². The average Bonchev–Trinajstić information content (AvgIpc) is 2.19. The van der Waals surface area contributed by atoms with Gasteiger partial charge >= 0.3 is 0 Å². The van der Waals surface area contributed by atoms with Crippen LogP contribution in [0.25, 0.3) is 0 Å². The van der Waals surface area contributed by atoms with E-state index in [0.717, 1.165) is 12.8 Å². The summed E-state index contributed by atoms with van der Waals surface area (Å²) in [6.45, 7) is 3.92. The van der Waals surface area contributed by atoms with Crippen LogP contribution in [-0.4, -0.2) is 11.7 Å². The molecule has 0 bridgehead atoms. The van der Waals surface area contributed by atoms with Crippen LogP contribution in [0, 0.1) is 5.92 Å². The highest BCUT2D eigenvalue weighted by molar-refractivity contribution is 5.15. The third-order valence-corrected chi connectivity index (χ3v) is 2.13. The molecule has 70 valence electrons. The Hall–Kier alpha value is -1.08. The molecule has 0 radical (unpaired) electrons. The van der Waals surface area contributed by atoms with Crippen LogP contribution < -0.4 is 0 Å². The first-order valence-electron chi connectivity index (χ1n) is 4.62. The highest BCUT2D eigenvalue weighted by Gasteiger charge is 2.05. The second-order valence-electron chi connectivity index (χ2n) is 3.26. The van der Waals surface area contributed by atoms with Crippen LogP contribution in [0.4, 0.5) is 0 Å². The number of aliphatic hydroxyl groups excluding tert-OH is 1. The number of benzene rings is 1. The van der Waals surface area contributed by atoms with E-state index in [-0.39, 0.29) is 6.61 Å². The molecule has 0 aliphatic rings. The Morgan fingerprint density at radius 3 is 2.54 bits per heavy atom. The molecule has 0 aliphatic heterocycles. The number of aliphatic hydroxyl groups is 1. The lowest BCUT2D eigenvalue weighted by molar-refractivity contribution is 0.227. The van der Waals surface area contributed by atoms with Gasteiger partial charge < -0.3 is 5.11 Å². The summed E-state index contributed by atoms with van der Waals surface area (Å²) in [7, 11) is 0. The Morgan fingerprint density at radius 2 is 2.00 bits per heavy atom. The minimum Gasteiger partial charge on any atom is -0.396 e. The van der Waals surface area contributed by atoms with Gasteiger partial charge in [0.2, 0.25) is 0 Å². The van der Waals surface area contributed by atoms with Crippen molar-refractivity contribution in [2.24, 2.45) is 5.92 Å². The van der Waals surface area contributed by atoms with Crippen LogP contribution >= 0.6 is 0 Å². The normalized spacial score (nSPS) is 12.4. The van der Waals surface area contributed by atoms with Crippen LogP contribution in [0.15, 0.2) is 43.0 Å². The molecule has 1 atom stereocenters. The van der Waals surface area contributed by atoms with Gasteiger partial charge in [-0.3, -0.25) is 0 Å². The van der Waals surface area contributed by atoms with E-state index in [1.807, 2.05) is 24.3 Å². The zero-order valence-corrected chi connectivity index (χ0v) is 7.82. The Kier molecular flexibility index (Phi) is 4.27. The third-order valence-electron chi connectivity index (χ3n) is 2.13. The molecular formula is C12H16O. The first-order valence-corrected chi connectivity index (χ1v) is 4.62. The number of rotatable bonds is 5. The summed E-state index contributed by atoms with van der Waals surface area (Å²) >= 11 is 0. The van der Waals surface area contributed by atoms with E-state index >= 15 is 0 Å². The minimum atomic E-state index is 0.237. The Labute approximate surface area is 79.7 Å². The molecule has 0 saturated carbocycles. The summed E-state index contributed by atoms with van der Waals surface area (Å²) in [5, 5.41) is 9.07. The summed E-state index contributed by atoms with van der Waals surface area (Å²) in [4.78, 5) is 0. The standard InChI is InChI=1S/C12H16O/c1-2-6-12(10-13)9-11-7-4-3-5-8-11/h2-5,7-8,12-13H,1,6,9-10H2/t12-/m0/s1. The quantitative estimate of drug-likeness (QED) is 0.683. The lowest BCUT2D eigenvalue weighted by Gasteiger charge is -2.11. The maximum atomic E-state index is 9.07. The van der Waals surface area contributed by atoms with Crippen LogP contribution in [0.5, 0.6) is 0 Å². The maximum absolute atomic E-state index is 9.07. The van der Waals surface area contributed by atoms with Gasteiger partial charge in [-0.15, -0.1) is 6.58 Å². The average molecular weight is 176 g/mol. The third kappa shape index (κ3) is 3.43. The van der Waals surface area contributed by atoms with Gasteiger partial charge in [-0.05, 0) is 24.3 Å². The van der Waals surface area contributed by atoms with E-state index in [9.17, 15) is 0 Å². The number of allylic oxidation sites excluding steroid dienone is 1. The molecule has 1 aromatic carbocycles. The lowest BCUT2D eigenvalue weighted by atomic mass is 9.97. The maximum Gasteiger partial charge on any atom is 0.0465 e. The van der Waals surface area contributed by atoms with Crippen molar-refractivity contribution in [2.75, 3.05) is 6.61 Å². The summed E-state index contributed by atoms with van der Waals surface area (Å²) in [6.07, 6.45) is 3.68. The summed E-state index contributed by atoms with van der Waals surface area (Å²) < 4.78 is 0. The van der Waals surface area contributed by atoms with Gasteiger partial charge in [-0.1, -0.05) is 36.4 Å². The Balaban J connectivity index is 2.51.